The van der Waals surface area contributed by atoms with Crippen LogP contribution in [-0.2, 0) is 6.54 Å². The van der Waals surface area contributed by atoms with Crippen LogP contribution in [0.4, 0.5) is 14.5 Å². The zero-order valence-corrected chi connectivity index (χ0v) is 8.31. The molecule has 0 atom stereocenters. The molecule has 0 aromatic carbocycles. The lowest BCUT2D eigenvalue weighted by atomic mass is 10.2. The Labute approximate surface area is 89.2 Å². The number of nitro groups is 1. The summed E-state index contributed by atoms with van der Waals surface area (Å²) in [6.07, 6.45) is -2.87. The molecule has 2 N–H and O–H groups in total. The highest BCUT2D eigenvalue weighted by Gasteiger charge is 2.23. The third-order valence-electron chi connectivity index (χ3n) is 1.89. The van der Waals surface area contributed by atoms with Gasteiger partial charge in [0.05, 0.1) is 18.1 Å². The monoisotopic (exact) mass is 233 g/mol. The molecule has 0 saturated heterocycles. The first kappa shape index (κ1) is 12.2. The van der Waals surface area contributed by atoms with Crippen molar-refractivity contribution in [3.63, 3.8) is 0 Å². The summed E-state index contributed by atoms with van der Waals surface area (Å²) in [5.41, 5.74) is 3.93. The molecule has 6 nitrogen and oxygen atoms in total. The molecule has 0 aliphatic rings. The van der Waals surface area contributed by atoms with Crippen LogP contribution in [0.3, 0.4) is 0 Å². The van der Waals surface area contributed by atoms with E-state index in [0.717, 1.165) is 13.2 Å². The van der Waals surface area contributed by atoms with Crippen LogP contribution < -0.4 is 10.5 Å². The zero-order chi connectivity index (χ0) is 12.3. The van der Waals surface area contributed by atoms with Gasteiger partial charge in [0.1, 0.15) is 11.4 Å². The smallest absolute Gasteiger partial charge is 0.295 e. The van der Waals surface area contributed by atoms with Crippen LogP contribution in [0.1, 0.15) is 17.8 Å². The number of ether oxygens (including phenoxy) is 1. The molecule has 0 radical (unpaired) electrons. The number of aromatic nitrogens is 1. The van der Waals surface area contributed by atoms with Crippen molar-refractivity contribution in [2.45, 2.75) is 13.0 Å². The van der Waals surface area contributed by atoms with Crippen molar-refractivity contribution < 1.29 is 18.4 Å². The minimum Gasteiger partial charge on any atom is -0.494 e. The summed E-state index contributed by atoms with van der Waals surface area (Å²) in [7, 11) is 1.13. The van der Waals surface area contributed by atoms with Crippen LogP contribution in [0.15, 0.2) is 6.07 Å². The Morgan fingerprint density at radius 1 is 1.69 bits per heavy atom. The van der Waals surface area contributed by atoms with Gasteiger partial charge in [-0.1, -0.05) is 0 Å². The van der Waals surface area contributed by atoms with Crippen LogP contribution in [0.5, 0.6) is 5.75 Å². The van der Waals surface area contributed by atoms with E-state index in [4.69, 9.17) is 5.73 Å². The highest BCUT2D eigenvalue weighted by atomic mass is 19.3. The fourth-order valence-corrected chi connectivity index (χ4v) is 1.17. The van der Waals surface area contributed by atoms with Gasteiger partial charge in [-0.2, -0.15) is 0 Å². The fourth-order valence-electron chi connectivity index (χ4n) is 1.17. The second-order valence-electron chi connectivity index (χ2n) is 2.80. The van der Waals surface area contributed by atoms with Crippen molar-refractivity contribution in [2.75, 3.05) is 7.11 Å². The number of pyridine rings is 1. The van der Waals surface area contributed by atoms with E-state index in [9.17, 15) is 18.9 Å². The second kappa shape index (κ2) is 4.79. The number of alkyl halides is 2. The van der Waals surface area contributed by atoms with E-state index in [1.165, 1.54) is 0 Å². The molecule has 0 amide bonds. The molecule has 0 fully saturated rings. The van der Waals surface area contributed by atoms with Gasteiger partial charge >= 0.3 is 0 Å². The van der Waals surface area contributed by atoms with Crippen molar-refractivity contribution in [1.29, 1.82) is 0 Å². The molecular formula is C8H9F2N3O3. The van der Waals surface area contributed by atoms with Gasteiger partial charge in [0.2, 0.25) is 0 Å². The zero-order valence-electron chi connectivity index (χ0n) is 8.31. The molecule has 0 saturated carbocycles. The maximum atomic E-state index is 12.5. The predicted molar refractivity (Wildman–Crippen MR) is 50.3 cm³/mol. The fraction of sp³-hybridized carbons (Fsp3) is 0.375. The Kier molecular flexibility index (Phi) is 3.67. The lowest BCUT2D eigenvalue weighted by molar-refractivity contribution is -0.386. The molecule has 0 spiro atoms. The molecule has 1 heterocycles. The summed E-state index contributed by atoms with van der Waals surface area (Å²) in [5.74, 6) is -0.320. The minimum atomic E-state index is -2.87. The molecular weight excluding hydrogens is 224 g/mol. The van der Waals surface area contributed by atoms with E-state index in [1.807, 2.05) is 0 Å². The van der Waals surface area contributed by atoms with Gasteiger partial charge in [0, 0.05) is 6.54 Å². The largest absolute Gasteiger partial charge is 0.494 e. The van der Waals surface area contributed by atoms with Crippen molar-refractivity contribution in [3.8, 4) is 5.75 Å². The van der Waals surface area contributed by atoms with Crippen molar-refractivity contribution >= 4 is 5.69 Å². The normalized spacial score (nSPS) is 10.6. The van der Waals surface area contributed by atoms with Crippen LogP contribution in [0.2, 0.25) is 0 Å². The Balaban J connectivity index is 3.40. The van der Waals surface area contributed by atoms with E-state index in [1.54, 1.807) is 0 Å². The van der Waals surface area contributed by atoms with Crippen molar-refractivity contribution in [3.05, 3.63) is 27.6 Å². The molecule has 0 aliphatic carbocycles. The average Bonchev–Trinajstić information content (AvgIpc) is 2.26. The van der Waals surface area contributed by atoms with Gasteiger partial charge in [-0.05, 0) is 0 Å². The highest BCUT2D eigenvalue weighted by Crippen LogP contribution is 2.31. The van der Waals surface area contributed by atoms with Crippen LogP contribution in [0, 0.1) is 10.1 Å². The molecule has 0 aliphatic heterocycles. The summed E-state index contributed by atoms with van der Waals surface area (Å²) in [4.78, 5) is 13.3. The van der Waals surface area contributed by atoms with E-state index in [2.05, 4.69) is 9.72 Å². The number of halogens is 2. The van der Waals surface area contributed by atoms with E-state index in [0.29, 0.717) is 0 Å². The third-order valence-corrected chi connectivity index (χ3v) is 1.89. The molecule has 8 heteroatoms. The quantitative estimate of drug-likeness (QED) is 0.626. The number of rotatable bonds is 4. The summed E-state index contributed by atoms with van der Waals surface area (Å²) in [5, 5.41) is 10.6. The average molecular weight is 233 g/mol. The highest BCUT2D eigenvalue weighted by molar-refractivity contribution is 5.45. The number of methoxy groups -OCH3 is 1. The van der Waals surface area contributed by atoms with Crippen molar-refractivity contribution in [2.24, 2.45) is 5.73 Å². The first-order valence-corrected chi connectivity index (χ1v) is 4.21. The van der Waals surface area contributed by atoms with Gasteiger partial charge in [-0.25, -0.2) is 13.8 Å². The SMILES string of the molecule is COc1cc([N+](=O)[O-])c(CN)nc1C(F)F. The van der Waals surface area contributed by atoms with Crippen molar-refractivity contribution in [1.82, 2.24) is 4.98 Å². The van der Waals surface area contributed by atoms with E-state index in [-0.39, 0.29) is 18.0 Å². The molecule has 16 heavy (non-hydrogen) atoms. The molecule has 0 bridgehead atoms. The van der Waals surface area contributed by atoms with Gasteiger partial charge in [-0.3, -0.25) is 10.1 Å². The molecule has 1 rings (SSSR count). The Morgan fingerprint density at radius 2 is 2.31 bits per heavy atom. The van der Waals surface area contributed by atoms with Gasteiger partial charge in [-0.15, -0.1) is 0 Å². The molecule has 88 valence electrons. The number of hydrogen-bond acceptors (Lipinski definition) is 5. The summed E-state index contributed by atoms with van der Waals surface area (Å²) in [6.45, 7) is -0.292. The molecule has 1 aromatic rings. The van der Waals surface area contributed by atoms with Gasteiger partial charge in [0.15, 0.2) is 5.75 Å². The first-order chi connectivity index (χ1) is 7.51. The summed E-state index contributed by atoms with van der Waals surface area (Å²) < 4.78 is 29.6. The Bertz CT molecular complexity index is 412. The number of nitrogens with two attached hydrogens (primary N) is 1. The van der Waals surface area contributed by atoms with Gasteiger partial charge in [0.25, 0.3) is 12.1 Å². The molecule has 1 aromatic heterocycles. The maximum absolute atomic E-state index is 12.5. The summed E-state index contributed by atoms with van der Waals surface area (Å²) in [6, 6.07) is 0.899. The van der Waals surface area contributed by atoms with Crippen LogP contribution in [0.25, 0.3) is 0 Å². The minimum absolute atomic E-state index is 0.193. The molecule has 0 unspecified atom stereocenters. The first-order valence-electron chi connectivity index (χ1n) is 4.21. The lowest BCUT2D eigenvalue weighted by Crippen LogP contribution is -2.08. The van der Waals surface area contributed by atoms with Gasteiger partial charge < -0.3 is 10.5 Å². The second-order valence-corrected chi connectivity index (χ2v) is 2.80. The topological polar surface area (TPSA) is 91.3 Å². The third kappa shape index (κ3) is 2.22. The maximum Gasteiger partial charge on any atom is 0.295 e. The van der Waals surface area contributed by atoms with E-state index < -0.39 is 22.7 Å². The Morgan fingerprint density at radius 3 is 2.69 bits per heavy atom. The lowest BCUT2D eigenvalue weighted by Gasteiger charge is -2.08. The van der Waals surface area contributed by atoms with Crippen LogP contribution >= 0.6 is 0 Å². The standard InChI is InChI=1S/C8H9F2N3O3/c1-16-6-2-5(13(14)15)4(3-11)12-7(6)8(9)10/h2,8H,3,11H2,1H3. The number of hydrogen-bond donors (Lipinski definition) is 1. The van der Waals surface area contributed by atoms with E-state index >= 15 is 0 Å². The van der Waals surface area contributed by atoms with Crippen LogP contribution in [-0.4, -0.2) is 17.0 Å². The summed E-state index contributed by atoms with van der Waals surface area (Å²) >= 11 is 0. The number of nitrogens with zero attached hydrogens (tertiary/aromatic N) is 2. The predicted octanol–water partition coefficient (Wildman–Crippen LogP) is 1.39. The Hall–Kier alpha value is -1.83.